The smallest absolute Gasteiger partial charge is 0.246 e. The van der Waals surface area contributed by atoms with Crippen LogP contribution in [0, 0.1) is 12.7 Å². The lowest BCUT2D eigenvalue weighted by Crippen LogP contribution is -2.42. The fourth-order valence-electron chi connectivity index (χ4n) is 3.11. The molecule has 4 rings (SSSR count). The highest BCUT2D eigenvalue weighted by Crippen LogP contribution is 2.27. The van der Waals surface area contributed by atoms with Gasteiger partial charge in [-0.2, -0.15) is 0 Å². The molecule has 0 unspecified atom stereocenters. The third-order valence-corrected chi connectivity index (χ3v) is 4.20. The molecule has 1 aromatic carbocycles. The molecule has 136 valence electrons. The molecule has 0 aliphatic carbocycles. The summed E-state index contributed by atoms with van der Waals surface area (Å²) < 4.78 is 31.0. The molecule has 3 heterocycles. The highest BCUT2D eigenvalue weighted by atomic mass is 19.1. The molecule has 0 saturated carbocycles. The molecule has 1 fully saturated rings. The van der Waals surface area contributed by atoms with Crippen molar-refractivity contribution in [3.05, 3.63) is 54.0 Å². The van der Waals surface area contributed by atoms with Gasteiger partial charge in [-0.3, -0.25) is 4.90 Å². The van der Waals surface area contributed by atoms with Gasteiger partial charge in [0.15, 0.2) is 5.76 Å². The van der Waals surface area contributed by atoms with Crippen LogP contribution in [0.25, 0.3) is 11.3 Å². The first-order valence-electron chi connectivity index (χ1n) is 8.46. The normalized spacial score (nSPS) is 21.2. The number of oxazole rings is 1. The van der Waals surface area contributed by atoms with Gasteiger partial charge in [0, 0.05) is 20.0 Å². The molecule has 8 heteroatoms. The summed E-state index contributed by atoms with van der Waals surface area (Å²) in [5, 5.41) is 7.91. The van der Waals surface area contributed by atoms with E-state index in [1.165, 1.54) is 6.07 Å². The van der Waals surface area contributed by atoms with Gasteiger partial charge in [0.1, 0.15) is 11.9 Å². The SMILES string of the molecule is Cc1nnc([C@H]2CN(Cc3ncc(-c4ccccc4F)o3)C[C@@H](C)O2)o1. The number of ether oxygens (including phenoxy) is 1. The van der Waals surface area contributed by atoms with Crippen molar-refractivity contribution >= 4 is 0 Å². The van der Waals surface area contributed by atoms with Crippen molar-refractivity contribution in [1.82, 2.24) is 20.1 Å². The Morgan fingerprint density at radius 2 is 2.04 bits per heavy atom. The number of benzene rings is 1. The molecule has 1 aliphatic rings. The Bertz CT molecular complexity index is 894. The van der Waals surface area contributed by atoms with E-state index in [4.69, 9.17) is 13.6 Å². The van der Waals surface area contributed by atoms with E-state index in [0.29, 0.717) is 42.1 Å². The van der Waals surface area contributed by atoms with E-state index in [9.17, 15) is 4.39 Å². The summed E-state index contributed by atoms with van der Waals surface area (Å²) in [5.74, 6) is 1.59. The third-order valence-electron chi connectivity index (χ3n) is 4.20. The Labute approximate surface area is 149 Å². The summed E-state index contributed by atoms with van der Waals surface area (Å²) in [5.41, 5.74) is 0.404. The van der Waals surface area contributed by atoms with Crippen molar-refractivity contribution in [2.45, 2.75) is 32.6 Å². The molecule has 7 nitrogen and oxygen atoms in total. The van der Waals surface area contributed by atoms with Crippen molar-refractivity contribution in [1.29, 1.82) is 0 Å². The third kappa shape index (κ3) is 3.51. The number of morpholine rings is 1. The second-order valence-corrected chi connectivity index (χ2v) is 6.39. The van der Waals surface area contributed by atoms with E-state index in [-0.39, 0.29) is 18.0 Å². The molecule has 26 heavy (non-hydrogen) atoms. The lowest BCUT2D eigenvalue weighted by atomic mass is 10.2. The van der Waals surface area contributed by atoms with Gasteiger partial charge in [0.2, 0.25) is 17.7 Å². The van der Waals surface area contributed by atoms with Gasteiger partial charge in [0.05, 0.1) is 24.4 Å². The molecule has 1 aliphatic heterocycles. The standard InChI is InChI=1S/C18H19FN4O3/c1-11-8-23(9-16(24-11)18-22-21-12(2)25-18)10-17-20-7-15(26-17)13-5-3-4-6-14(13)19/h3-7,11,16H,8-10H2,1-2H3/t11-,16-/m1/s1. The summed E-state index contributed by atoms with van der Waals surface area (Å²) in [6.45, 7) is 5.54. The molecule has 3 aromatic rings. The van der Waals surface area contributed by atoms with Crippen LogP contribution in [0.1, 0.15) is 30.7 Å². The largest absolute Gasteiger partial charge is 0.439 e. The van der Waals surface area contributed by atoms with Crippen LogP contribution in [0.4, 0.5) is 4.39 Å². The van der Waals surface area contributed by atoms with Crippen LogP contribution >= 0.6 is 0 Å². The Kier molecular flexibility index (Phi) is 4.52. The molecule has 2 atom stereocenters. The maximum Gasteiger partial charge on any atom is 0.246 e. The van der Waals surface area contributed by atoms with Crippen LogP contribution in [0.15, 0.2) is 39.3 Å². The van der Waals surface area contributed by atoms with Gasteiger partial charge in [-0.25, -0.2) is 9.37 Å². The van der Waals surface area contributed by atoms with E-state index in [1.807, 2.05) is 6.92 Å². The fourth-order valence-corrected chi connectivity index (χ4v) is 3.11. The zero-order valence-corrected chi connectivity index (χ0v) is 14.6. The van der Waals surface area contributed by atoms with Crippen molar-refractivity contribution < 1.29 is 18.0 Å². The molecule has 0 spiro atoms. The quantitative estimate of drug-likeness (QED) is 0.709. The predicted octanol–water partition coefficient (Wildman–Crippen LogP) is 3.13. The summed E-state index contributed by atoms with van der Waals surface area (Å²) in [4.78, 5) is 6.44. The summed E-state index contributed by atoms with van der Waals surface area (Å²) in [6.07, 6.45) is 1.26. The van der Waals surface area contributed by atoms with Crippen LogP contribution in [0.2, 0.25) is 0 Å². The van der Waals surface area contributed by atoms with Gasteiger partial charge >= 0.3 is 0 Å². The van der Waals surface area contributed by atoms with Crippen LogP contribution in [-0.2, 0) is 11.3 Å². The van der Waals surface area contributed by atoms with E-state index in [2.05, 4.69) is 20.1 Å². The van der Waals surface area contributed by atoms with Crippen LogP contribution in [0.5, 0.6) is 0 Å². The number of hydrogen-bond donors (Lipinski definition) is 0. The topological polar surface area (TPSA) is 77.4 Å². The summed E-state index contributed by atoms with van der Waals surface area (Å²) in [6, 6.07) is 6.48. The van der Waals surface area contributed by atoms with Crippen molar-refractivity contribution in [3.8, 4) is 11.3 Å². The molecular formula is C18H19FN4O3. The highest BCUT2D eigenvalue weighted by Gasteiger charge is 2.30. The Balaban J connectivity index is 1.48. The Morgan fingerprint density at radius 1 is 1.19 bits per heavy atom. The monoisotopic (exact) mass is 358 g/mol. The van der Waals surface area contributed by atoms with E-state index in [0.717, 1.165) is 6.54 Å². The van der Waals surface area contributed by atoms with Crippen LogP contribution in [-0.4, -0.2) is 39.3 Å². The van der Waals surface area contributed by atoms with Crippen molar-refractivity contribution in [3.63, 3.8) is 0 Å². The lowest BCUT2D eigenvalue weighted by molar-refractivity contribution is -0.0932. The van der Waals surface area contributed by atoms with Gasteiger partial charge in [-0.05, 0) is 19.1 Å². The van der Waals surface area contributed by atoms with E-state index in [1.54, 1.807) is 31.3 Å². The summed E-state index contributed by atoms with van der Waals surface area (Å²) >= 11 is 0. The first kappa shape index (κ1) is 16.9. The number of rotatable bonds is 4. The highest BCUT2D eigenvalue weighted by molar-refractivity contribution is 5.56. The zero-order valence-electron chi connectivity index (χ0n) is 14.6. The van der Waals surface area contributed by atoms with Gasteiger partial charge < -0.3 is 13.6 Å². The average molecular weight is 358 g/mol. The minimum atomic E-state index is -0.331. The average Bonchev–Trinajstić information content (AvgIpc) is 3.24. The number of hydrogen-bond acceptors (Lipinski definition) is 7. The molecule has 1 saturated heterocycles. The number of aryl methyl sites for hydroxylation is 1. The second-order valence-electron chi connectivity index (χ2n) is 6.39. The first-order chi connectivity index (χ1) is 12.6. The van der Waals surface area contributed by atoms with Gasteiger partial charge in [-0.15, -0.1) is 10.2 Å². The maximum absolute atomic E-state index is 13.9. The van der Waals surface area contributed by atoms with E-state index < -0.39 is 0 Å². The molecule has 0 amide bonds. The number of aromatic nitrogens is 3. The fraction of sp³-hybridized carbons (Fsp3) is 0.389. The van der Waals surface area contributed by atoms with Crippen LogP contribution in [0.3, 0.4) is 0 Å². The molecule has 0 radical (unpaired) electrons. The van der Waals surface area contributed by atoms with Gasteiger partial charge in [-0.1, -0.05) is 12.1 Å². The zero-order chi connectivity index (χ0) is 18.1. The summed E-state index contributed by atoms with van der Waals surface area (Å²) in [7, 11) is 0. The number of halogens is 1. The number of nitrogens with zero attached hydrogens (tertiary/aromatic N) is 4. The molecule has 0 bridgehead atoms. The van der Waals surface area contributed by atoms with Crippen molar-refractivity contribution in [2.75, 3.05) is 13.1 Å². The first-order valence-corrected chi connectivity index (χ1v) is 8.46. The molecule has 0 N–H and O–H groups in total. The molecule has 2 aromatic heterocycles. The van der Waals surface area contributed by atoms with Crippen LogP contribution < -0.4 is 0 Å². The second kappa shape index (κ2) is 6.97. The molecular weight excluding hydrogens is 339 g/mol. The van der Waals surface area contributed by atoms with E-state index >= 15 is 0 Å². The predicted molar refractivity (Wildman–Crippen MR) is 89.5 cm³/mol. The minimum absolute atomic E-state index is 0.00181. The maximum atomic E-state index is 13.9. The van der Waals surface area contributed by atoms with Crippen molar-refractivity contribution in [2.24, 2.45) is 0 Å². The Hall–Kier alpha value is -2.58. The minimum Gasteiger partial charge on any atom is -0.439 e. The van der Waals surface area contributed by atoms with Gasteiger partial charge in [0.25, 0.3) is 0 Å². The lowest BCUT2D eigenvalue weighted by Gasteiger charge is -2.34. The Morgan fingerprint density at radius 3 is 2.81 bits per heavy atom.